The van der Waals surface area contributed by atoms with Crippen molar-refractivity contribution in [2.75, 3.05) is 11.9 Å². The minimum Gasteiger partial charge on any atom is -0.452 e. The summed E-state index contributed by atoms with van der Waals surface area (Å²) >= 11 is 5.87. The molecule has 1 amide bonds. The lowest BCUT2D eigenvalue weighted by Gasteiger charge is -2.09. The van der Waals surface area contributed by atoms with Gasteiger partial charge in [0, 0.05) is 10.7 Å². The van der Waals surface area contributed by atoms with Gasteiger partial charge in [0.05, 0.1) is 17.2 Å². The van der Waals surface area contributed by atoms with Crippen LogP contribution in [-0.4, -0.2) is 18.5 Å². The van der Waals surface area contributed by atoms with Crippen LogP contribution >= 0.6 is 11.6 Å². The molecule has 0 fully saturated rings. The van der Waals surface area contributed by atoms with E-state index in [9.17, 15) is 9.59 Å². The zero-order chi connectivity index (χ0) is 16.8. The smallest absolute Gasteiger partial charge is 0.338 e. The van der Waals surface area contributed by atoms with E-state index in [-0.39, 0.29) is 5.56 Å². The summed E-state index contributed by atoms with van der Waals surface area (Å²) in [6.45, 7) is 1.40. The Labute approximate surface area is 138 Å². The Morgan fingerprint density at radius 1 is 1.26 bits per heavy atom. The molecule has 0 aromatic heterocycles. The number of carbonyl (C=O) groups excluding carboxylic acids is 2. The number of rotatable bonds is 4. The molecular weight excluding hydrogens is 316 g/mol. The van der Waals surface area contributed by atoms with Crippen LogP contribution in [0.5, 0.6) is 0 Å². The van der Waals surface area contributed by atoms with Gasteiger partial charge in [-0.3, -0.25) is 4.79 Å². The van der Waals surface area contributed by atoms with Gasteiger partial charge in [0.2, 0.25) is 0 Å². The molecule has 5 nitrogen and oxygen atoms in total. The average Bonchev–Trinajstić information content (AvgIpc) is 2.56. The lowest BCUT2D eigenvalue weighted by Crippen LogP contribution is -2.21. The van der Waals surface area contributed by atoms with Crippen LogP contribution in [0.2, 0.25) is 5.02 Å². The minimum atomic E-state index is -0.667. The number of halogens is 1. The number of esters is 1. The first-order valence-corrected chi connectivity index (χ1v) is 7.10. The number of hydrogen-bond acceptors (Lipinski definition) is 4. The van der Waals surface area contributed by atoms with Crippen LogP contribution in [0.15, 0.2) is 42.5 Å². The highest BCUT2D eigenvalue weighted by atomic mass is 35.5. The van der Waals surface area contributed by atoms with Crippen LogP contribution in [0.3, 0.4) is 0 Å². The van der Waals surface area contributed by atoms with Gasteiger partial charge in [0.25, 0.3) is 5.91 Å². The molecule has 0 aliphatic heterocycles. The fraction of sp³-hybridized carbons (Fsp3) is 0.118. The van der Waals surface area contributed by atoms with Gasteiger partial charge >= 0.3 is 5.97 Å². The highest BCUT2D eigenvalue weighted by Crippen LogP contribution is 2.20. The summed E-state index contributed by atoms with van der Waals surface area (Å²) in [6.07, 6.45) is 0. The molecular formula is C17H13ClN2O3. The van der Waals surface area contributed by atoms with Crippen LogP contribution in [0.25, 0.3) is 0 Å². The number of anilines is 1. The normalized spacial score (nSPS) is 9.78. The van der Waals surface area contributed by atoms with Gasteiger partial charge in [-0.2, -0.15) is 5.26 Å². The summed E-state index contributed by atoms with van der Waals surface area (Å²) in [7, 11) is 0. The first-order valence-electron chi connectivity index (χ1n) is 6.73. The number of nitrogens with one attached hydrogen (secondary N) is 1. The van der Waals surface area contributed by atoms with Crippen molar-refractivity contribution in [2.45, 2.75) is 6.92 Å². The zero-order valence-electron chi connectivity index (χ0n) is 12.3. The van der Waals surface area contributed by atoms with Gasteiger partial charge in [-0.25, -0.2) is 4.79 Å². The van der Waals surface area contributed by atoms with E-state index in [2.05, 4.69) is 5.32 Å². The maximum Gasteiger partial charge on any atom is 0.338 e. The van der Waals surface area contributed by atoms with Gasteiger partial charge in [-0.15, -0.1) is 0 Å². The molecule has 2 rings (SSSR count). The fourth-order valence-corrected chi connectivity index (χ4v) is 2.02. The zero-order valence-corrected chi connectivity index (χ0v) is 13.1. The highest BCUT2D eigenvalue weighted by molar-refractivity contribution is 6.31. The molecule has 0 saturated carbocycles. The summed E-state index contributed by atoms with van der Waals surface area (Å²) in [5, 5.41) is 11.9. The average molecular weight is 329 g/mol. The molecule has 0 atom stereocenters. The van der Waals surface area contributed by atoms with Gasteiger partial charge in [0.1, 0.15) is 0 Å². The van der Waals surface area contributed by atoms with Gasteiger partial charge in [0.15, 0.2) is 6.61 Å². The molecule has 0 unspecified atom stereocenters. The monoisotopic (exact) mass is 328 g/mol. The number of aryl methyl sites for hydroxylation is 1. The Bertz CT molecular complexity index is 797. The second-order valence-corrected chi connectivity index (χ2v) is 5.21. The Morgan fingerprint density at radius 3 is 2.78 bits per heavy atom. The first-order chi connectivity index (χ1) is 11.0. The van der Waals surface area contributed by atoms with E-state index in [4.69, 9.17) is 21.6 Å². The number of benzene rings is 2. The van der Waals surface area contributed by atoms with Crippen molar-refractivity contribution in [3.05, 3.63) is 64.2 Å². The van der Waals surface area contributed by atoms with Gasteiger partial charge in [-0.1, -0.05) is 23.7 Å². The third kappa shape index (κ3) is 4.56. The molecule has 0 radical (unpaired) electrons. The van der Waals surface area contributed by atoms with E-state index in [1.807, 2.05) is 13.0 Å². The van der Waals surface area contributed by atoms with Crippen molar-refractivity contribution in [2.24, 2.45) is 0 Å². The lowest BCUT2D eigenvalue weighted by molar-refractivity contribution is -0.119. The summed E-state index contributed by atoms with van der Waals surface area (Å²) in [6, 6.07) is 13.1. The van der Waals surface area contributed by atoms with Crippen molar-refractivity contribution in [3.8, 4) is 6.07 Å². The first kappa shape index (κ1) is 16.5. The number of ether oxygens (including phenoxy) is 1. The molecule has 1 N–H and O–H groups in total. The van der Waals surface area contributed by atoms with Crippen LogP contribution in [-0.2, 0) is 9.53 Å². The largest absolute Gasteiger partial charge is 0.452 e. The molecule has 0 aliphatic carbocycles. The van der Waals surface area contributed by atoms with E-state index in [0.29, 0.717) is 16.3 Å². The molecule has 0 heterocycles. The molecule has 0 bridgehead atoms. The Morgan fingerprint density at radius 2 is 2.04 bits per heavy atom. The summed E-state index contributed by atoms with van der Waals surface area (Å²) in [4.78, 5) is 23.7. The van der Waals surface area contributed by atoms with Crippen LogP contribution in [0.4, 0.5) is 5.69 Å². The van der Waals surface area contributed by atoms with Crippen LogP contribution in [0.1, 0.15) is 21.5 Å². The number of hydrogen-bond donors (Lipinski definition) is 1. The predicted octanol–water partition coefficient (Wildman–Crippen LogP) is 3.32. The molecule has 116 valence electrons. The number of nitrogens with zero attached hydrogens (tertiary/aromatic N) is 1. The van der Waals surface area contributed by atoms with Crippen LogP contribution in [0, 0.1) is 18.3 Å². The fourth-order valence-electron chi connectivity index (χ4n) is 1.85. The topological polar surface area (TPSA) is 79.2 Å². The van der Waals surface area contributed by atoms with E-state index in [0.717, 1.165) is 5.56 Å². The standard InChI is InChI=1S/C17H13ClN2O3/c1-11-5-6-14(18)8-15(11)20-16(21)10-23-17(22)13-4-2-3-12(7-13)9-19/h2-8H,10H2,1H3,(H,20,21). The van der Waals surface area contributed by atoms with Gasteiger partial charge < -0.3 is 10.1 Å². The van der Waals surface area contributed by atoms with E-state index >= 15 is 0 Å². The third-order valence-corrected chi connectivity index (χ3v) is 3.27. The van der Waals surface area contributed by atoms with Crippen molar-refractivity contribution in [1.82, 2.24) is 0 Å². The number of carbonyl (C=O) groups is 2. The van der Waals surface area contributed by atoms with Crippen molar-refractivity contribution in [3.63, 3.8) is 0 Å². The minimum absolute atomic E-state index is 0.218. The van der Waals surface area contributed by atoms with Crippen molar-refractivity contribution in [1.29, 1.82) is 5.26 Å². The summed E-state index contributed by atoms with van der Waals surface area (Å²) in [5.41, 5.74) is 1.97. The molecule has 23 heavy (non-hydrogen) atoms. The molecule has 6 heteroatoms. The molecule has 0 aliphatic rings. The van der Waals surface area contributed by atoms with E-state index in [1.54, 1.807) is 30.3 Å². The lowest BCUT2D eigenvalue weighted by atomic mass is 10.1. The van der Waals surface area contributed by atoms with E-state index in [1.165, 1.54) is 12.1 Å². The maximum atomic E-state index is 11.9. The van der Waals surface area contributed by atoms with Crippen molar-refractivity contribution >= 4 is 29.2 Å². The SMILES string of the molecule is Cc1ccc(Cl)cc1NC(=O)COC(=O)c1cccc(C#N)c1. The molecule has 0 saturated heterocycles. The summed E-state index contributed by atoms with van der Waals surface area (Å²) in [5.74, 6) is -1.14. The molecule has 2 aromatic carbocycles. The second kappa shape index (κ2) is 7.43. The maximum absolute atomic E-state index is 11.9. The molecule has 2 aromatic rings. The van der Waals surface area contributed by atoms with Gasteiger partial charge in [-0.05, 0) is 42.8 Å². The molecule has 0 spiro atoms. The Kier molecular flexibility index (Phi) is 5.34. The Balaban J connectivity index is 1.95. The number of nitriles is 1. The van der Waals surface area contributed by atoms with E-state index < -0.39 is 18.5 Å². The predicted molar refractivity (Wildman–Crippen MR) is 86.3 cm³/mol. The highest BCUT2D eigenvalue weighted by Gasteiger charge is 2.11. The summed E-state index contributed by atoms with van der Waals surface area (Å²) < 4.78 is 4.94. The Hall–Kier alpha value is -2.84. The van der Waals surface area contributed by atoms with Crippen molar-refractivity contribution < 1.29 is 14.3 Å². The quantitative estimate of drug-likeness (QED) is 0.873. The van der Waals surface area contributed by atoms with Crippen LogP contribution < -0.4 is 5.32 Å². The third-order valence-electron chi connectivity index (χ3n) is 3.04. The number of amides is 1. The second-order valence-electron chi connectivity index (χ2n) is 4.78.